The number of rotatable bonds is 3. The molecule has 1 aromatic rings. The van der Waals surface area contributed by atoms with E-state index in [-0.39, 0.29) is 12.0 Å². The molecule has 3 heteroatoms. The van der Waals surface area contributed by atoms with Crippen molar-refractivity contribution < 1.29 is 9.53 Å². The number of carbonyl (C=O) groups is 1. The molecule has 2 saturated heterocycles. The van der Waals surface area contributed by atoms with Gasteiger partial charge in [0, 0.05) is 25.7 Å². The fraction of sp³-hybridized carbons (Fsp3) is 0.550. The van der Waals surface area contributed by atoms with Crippen molar-refractivity contribution >= 4 is 12.0 Å². The van der Waals surface area contributed by atoms with Crippen LogP contribution in [0.3, 0.4) is 0 Å². The molecule has 23 heavy (non-hydrogen) atoms. The number of likely N-dealkylation sites (tertiary alicyclic amines) is 1. The topological polar surface area (TPSA) is 29.5 Å². The zero-order chi connectivity index (χ0) is 15.9. The highest BCUT2D eigenvalue weighted by Crippen LogP contribution is 2.24. The Morgan fingerprint density at radius 3 is 2.61 bits per heavy atom. The summed E-state index contributed by atoms with van der Waals surface area (Å²) in [4.78, 5) is 15.1. The van der Waals surface area contributed by atoms with Gasteiger partial charge in [-0.2, -0.15) is 0 Å². The van der Waals surface area contributed by atoms with Crippen molar-refractivity contribution in [2.24, 2.45) is 5.92 Å². The van der Waals surface area contributed by atoms with Gasteiger partial charge in [-0.1, -0.05) is 55.3 Å². The third kappa shape index (κ3) is 4.44. The van der Waals surface area contributed by atoms with Crippen LogP contribution in [-0.4, -0.2) is 36.6 Å². The van der Waals surface area contributed by atoms with E-state index in [9.17, 15) is 4.79 Å². The zero-order valence-corrected chi connectivity index (χ0v) is 13.8. The third-order valence-electron chi connectivity index (χ3n) is 4.96. The predicted octanol–water partition coefficient (Wildman–Crippen LogP) is 3.90. The van der Waals surface area contributed by atoms with Crippen LogP contribution in [0.2, 0.25) is 0 Å². The Balaban J connectivity index is 1.71. The molecule has 3 rings (SSSR count). The zero-order valence-electron chi connectivity index (χ0n) is 13.8. The Labute approximate surface area is 139 Å². The molecule has 0 N–H and O–H groups in total. The average Bonchev–Trinajstić information content (AvgIpc) is 2.86. The minimum atomic E-state index is 0.162. The standard InChI is InChI=1S/C20H27NO2/c22-20(18-12-15-23-16-13-18)21-14-6-2-5-9-19(21)11-10-17-7-3-1-4-8-17/h1,3-4,7-8,10-11,18-19H,2,5-6,9,12-16H2/b11-10+/t19-/m1/s1. The lowest BCUT2D eigenvalue weighted by Crippen LogP contribution is -2.43. The summed E-state index contributed by atoms with van der Waals surface area (Å²) in [6.07, 6.45) is 10.8. The lowest BCUT2D eigenvalue weighted by Gasteiger charge is -2.33. The lowest BCUT2D eigenvalue weighted by atomic mass is 9.97. The van der Waals surface area contributed by atoms with Crippen LogP contribution in [0.5, 0.6) is 0 Å². The van der Waals surface area contributed by atoms with Crippen LogP contribution < -0.4 is 0 Å². The number of nitrogens with zero attached hydrogens (tertiary/aromatic N) is 1. The molecule has 124 valence electrons. The van der Waals surface area contributed by atoms with Crippen LogP contribution in [-0.2, 0) is 9.53 Å². The van der Waals surface area contributed by atoms with Crippen molar-refractivity contribution in [3.8, 4) is 0 Å². The van der Waals surface area contributed by atoms with Gasteiger partial charge in [0.15, 0.2) is 0 Å². The molecule has 0 bridgehead atoms. The summed E-state index contributed by atoms with van der Waals surface area (Å²) >= 11 is 0. The fourth-order valence-electron chi connectivity index (χ4n) is 3.57. The summed E-state index contributed by atoms with van der Waals surface area (Å²) in [6.45, 7) is 2.36. The summed E-state index contributed by atoms with van der Waals surface area (Å²) in [5.41, 5.74) is 1.20. The van der Waals surface area contributed by atoms with E-state index in [0.29, 0.717) is 5.91 Å². The number of hydrogen-bond acceptors (Lipinski definition) is 2. The van der Waals surface area contributed by atoms with E-state index in [2.05, 4.69) is 41.3 Å². The first-order valence-corrected chi connectivity index (χ1v) is 8.96. The number of hydrogen-bond donors (Lipinski definition) is 0. The molecule has 2 aliphatic rings. The molecule has 0 spiro atoms. The van der Waals surface area contributed by atoms with Crippen LogP contribution in [0.1, 0.15) is 44.1 Å². The second kappa shape index (κ2) is 8.30. The highest BCUT2D eigenvalue weighted by Gasteiger charge is 2.30. The molecular weight excluding hydrogens is 286 g/mol. The fourth-order valence-corrected chi connectivity index (χ4v) is 3.57. The van der Waals surface area contributed by atoms with Gasteiger partial charge in [0.05, 0.1) is 6.04 Å². The Morgan fingerprint density at radius 2 is 1.83 bits per heavy atom. The highest BCUT2D eigenvalue weighted by molar-refractivity contribution is 5.79. The molecule has 2 aliphatic heterocycles. The molecule has 0 saturated carbocycles. The molecule has 0 unspecified atom stereocenters. The van der Waals surface area contributed by atoms with Gasteiger partial charge in [-0.25, -0.2) is 0 Å². The maximum absolute atomic E-state index is 13.0. The Kier molecular flexibility index (Phi) is 5.87. The largest absolute Gasteiger partial charge is 0.381 e. The summed E-state index contributed by atoms with van der Waals surface area (Å²) in [6, 6.07) is 10.6. The summed E-state index contributed by atoms with van der Waals surface area (Å²) in [5, 5.41) is 0. The van der Waals surface area contributed by atoms with Crippen LogP contribution in [0.25, 0.3) is 6.08 Å². The highest BCUT2D eigenvalue weighted by atomic mass is 16.5. The van der Waals surface area contributed by atoms with Crippen LogP contribution in [0, 0.1) is 5.92 Å². The van der Waals surface area contributed by atoms with Crippen LogP contribution in [0.4, 0.5) is 0 Å². The number of carbonyl (C=O) groups excluding carboxylic acids is 1. The van der Waals surface area contributed by atoms with E-state index in [1.54, 1.807) is 0 Å². The summed E-state index contributed by atoms with van der Waals surface area (Å²) in [7, 11) is 0. The number of ether oxygens (including phenoxy) is 1. The Hall–Kier alpha value is -1.61. The number of benzene rings is 1. The minimum absolute atomic E-state index is 0.162. The average molecular weight is 313 g/mol. The van der Waals surface area contributed by atoms with E-state index in [1.165, 1.54) is 18.4 Å². The first-order chi connectivity index (χ1) is 11.3. The number of amides is 1. The van der Waals surface area contributed by atoms with E-state index >= 15 is 0 Å². The van der Waals surface area contributed by atoms with E-state index < -0.39 is 0 Å². The maximum atomic E-state index is 13.0. The van der Waals surface area contributed by atoms with Crippen molar-refractivity contribution in [3.63, 3.8) is 0 Å². The van der Waals surface area contributed by atoms with Gasteiger partial charge < -0.3 is 9.64 Å². The van der Waals surface area contributed by atoms with Gasteiger partial charge in [-0.15, -0.1) is 0 Å². The Bertz CT molecular complexity index is 520. The second-order valence-corrected chi connectivity index (χ2v) is 6.60. The van der Waals surface area contributed by atoms with Gasteiger partial charge >= 0.3 is 0 Å². The predicted molar refractivity (Wildman–Crippen MR) is 93.0 cm³/mol. The summed E-state index contributed by atoms with van der Waals surface area (Å²) < 4.78 is 5.41. The van der Waals surface area contributed by atoms with Gasteiger partial charge in [0.2, 0.25) is 5.91 Å². The molecule has 1 atom stereocenters. The normalized spacial score (nSPS) is 23.8. The van der Waals surface area contributed by atoms with E-state index in [4.69, 9.17) is 4.74 Å². The van der Waals surface area contributed by atoms with Crippen LogP contribution >= 0.6 is 0 Å². The van der Waals surface area contributed by atoms with Crippen molar-refractivity contribution in [2.75, 3.05) is 19.8 Å². The molecule has 0 aliphatic carbocycles. The van der Waals surface area contributed by atoms with Crippen molar-refractivity contribution in [3.05, 3.63) is 42.0 Å². The van der Waals surface area contributed by atoms with Crippen LogP contribution in [0.15, 0.2) is 36.4 Å². The second-order valence-electron chi connectivity index (χ2n) is 6.60. The van der Waals surface area contributed by atoms with Gasteiger partial charge in [-0.3, -0.25) is 4.79 Å². The molecule has 0 radical (unpaired) electrons. The monoisotopic (exact) mass is 313 g/mol. The van der Waals surface area contributed by atoms with E-state index in [0.717, 1.165) is 45.4 Å². The van der Waals surface area contributed by atoms with Crippen molar-refractivity contribution in [1.82, 2.24) is 4.90 Å². The van der Waals surface area contributed by atoms with Gasteiger partial charge in [0.1, 0.15) is 0 Å². The van der Waals surface area contributed by atoms with E-state index in [1.807, 2.05) is 6.07 Å². The van der Waals surface area contributed by atoms with Gasteiger partial charge in [0.25, 0.3) is 0 Å². The van der Waals surface area contributed by atoms with Crippen molar-refractivity contribution in [2.45, 2.75) is 44.6 Å². The molecule has 1 aromatic carbocycles. The summed E-state index contributed by atoms with van der Waals surface area (Å²) in [5.74, 6) is 0.507. The van der Waals surface area contributed by atoms with Crippen molar-refractivity contribution in [1.29, 1.82) is 0 Å². The first-order valence-electron chi connectivity index (χ1n) is 8.96. The molecule has 0 aromatic heterocycles. The lowest BCUT2D eigenvalue weighted by molar-refractivity contribution is -0.139. The molecular formula is C20H27NO2. The maximum Gasteiger partial charge on any atom is 0.226 e. The van der Waals surface area contributed by atoms with Gasteiger partial charge in [-0.05, 0) is 31.2 Å². The third-order valence-corrected chi connectivity index (χ3v) is 4.96. The quantitative estimate of drug-likeness (QED) is 0.847. The molecule has 1 amide bonds. The molecule has 2 fully saturated rings. The molecule has 3 nitrogen and oxygen atoms in total. The molecule has 2 heterocycles. The first kappa shape index (κ1) is 16.3. The smallest absolute Gasteiger partial charge is 0.226 e. The Morgan fingerprint density at radius 1 is 1.04 bits per heavy atom. The minimum Gasteiger partial charge on any atom is -0.381 e. The SMILES string of the molecule is O=C(C1CCOCC1)N1CCCCC[C@@H]1/C=C/c1ccccc1.